The fourth-order valence-corrected chi connectivity index (χ4v) is 3.20. The minimum absolute atomic E-state index is 0.287. The molecular formula is C15H19N3O. The highest BCUT2D eigenvalue weighted by Gasteiger charge is 2.52. The van der Waals surface area contributed by atoms with Gasteiger partial charge in [-0.05, 0) is 39.8 Å². The standard InChI is InChI=1S/C15H19N3O/c1-14(2)12-13(15(3,4)18(14)19-5)17-11-9-7-6-8-10(11)16-12/h6-9H,1-5H3. The molecule has 19 heavy (non-hydrogen) atoms. The van der Waals surface area contributed by atoms with Crippen molar-refractivity contribution in [2.24, 2.45) is 0 Å². The van der Waals surface area contributed by atoms with Crippen molar-refractivity contribution in [2.45, 2.75) is 38.8 Å². The summed E-state index contributed by atoms with van der Waals surface area (Å²) in [5.41, 5.74) is 3.29. The predicted molar refractivity (Wildman–Crippen MR) is 74.4 cm³/mol. The van der Waals surface area contributed by atoms with Crippen molar-refractivity contribution < 1.29 is 4.84 Å². The second kappa shape index (κ2) is 3.74. The molecule has 0 amide bonds. The monoisotopic (exact) mass is 257 g/mol. The number of benzene rings is 1. The molecule has 1 aromatic carbocycles. The second-order valence-electron chi connectivity index (χ2n) is 6.00. The van der Waals surface area contributed by atoms with Gasteiger partial charge in [-0.2, -0.15) is 5.06 Å². The van der Waals surface area contributed by atoms with Crippen LogP contribution in [-0.4, -0.2) is 22.1 Å². The van der Waals surface area contributed by atoms with E-state index in [0.29, 0.717) is 0 Å². The number of hydrogen-bond donors (Lipinski definition) is 0. The van der Waals surface area contributed by atoms with E-state index < -0.39 is 0 Å². The van der Waals surface area contributed by atoms with Gasteiger partial charge in [-0.1, -0.05) is 12.1 Å². The molecule has 1 aromatic heterocycles. The van der Waals surface area contributed by atoms with E-state index in [4.69, 9.17) is 14.8 Å². The number of hydrogen-bond acceptors (Lipinski definition) is 4. The Morgan fingerprint density at radius 3 is 1.68 bits per heavy atom. The smallest absolute Gasteiger partial charge is 0.0891 e. The van der Waals surface area contributed by atoms with Crippen LogP contribution in [0.1, 0.15) is 39.1 Å². The fourth-order valence-electron chi connectivity index (χ4n) is 3.20. The van der Waals surface area contributed by atoms with Crippen molar-refractivity contribution >= 4 is 11.0 Å². The minimum Gasteiger partial charge on any atom is -0.300 e. The van der Waals surface area contributed by atoms with E-state index >= 15 is 0 Å². The van der Waals surface area contributed by atoms with Crippen LogP contribution in [0.5, 0.6) is 0 Å². The van der Waals surface area contributed by atoms with Gasteiger partial charge >= 0.3 is 0 Å². The molecule has 0 N–H and O–H groups in total. The number of hydroxylamine groups is 2. The summed E-state index contributed by atoms with van der Waals surface area (Å²) in [7, 11) is 1.70. The highest BCUT2D eigenvalue weighted by Crippen LogP contribution is 2.47. The lowest BCUT2D eigenvalue weighted by molar-refractivity contribution is -0.242. The van der Waals surface area contributed by atoms with E-state index in [1.54, 1.807) is 7.11 Å². The molecule has 0 saturated heterocycles. The first-order valence-corrected chi connectivity index (χ1v) is 6.51. The molecule has 0 spiro atoms. The average molecular weight is 257 g/mol. The zero-order valence-corrected chi connectivity index (χ0v) is 12.1. The van der Waals surface area contributed by atoms with Crippen molar-refractivity contribution in [2.75, 3.05) is 7.11 Å². The molecule has 1 aliphatic heterocycles. The molecule has 0 atom stereocenters. The van der Waals surface area contributed by atoms with Gasteiger partial charge in [0.05, 0.1) is 40.6 Å². The molecule has 0 unspecified atom stereocenters. The van der Waals surface area contributed by atoms with E-state index in [9.17, 15) is 0 Å². The molecule has 2 aromatic rings. The Morgan fingerprint density at radius 2 is 1.32 bits per heavy atom. The molecule has 0 fully saturated rings. The van der Waals surface area contributed by atoms with Crippen LogP contribution >= 0.6 is 0 Å². The van der Waals surface area contributed by atoms with Crippen LogP contribution in [0.4, 0.5) is 0 Å². The van der Waals surface area contributed by atoms with E-state index in [1.165, 1.54) is 0 Å². The Balaban J connectivity index is 2.35. The summed E-state index contributed by atoms with van der Waals surface area (Å²) >= 11 is 0. The fraction of sp³-hybridized carbons (Fsp3) is 0.467. The molecule has 2 heterocycles. The molecule has 0 radical (unpaired) electrons. The third-order valence-electron chi connectivity index (χ3n) is 3.93. The number of nitrogens with zero attached hydrogens (tertiary/aromatic N) is 3. The van der Waals surface area contributed by atoms with E-state index in [2.05, 4.69) is 27.7 Å². The third kappa shape index (κ3) is 1.53. The average Bonchev–Trinajstić information content (AvgIpc) is 2.51. The highest BCUT2D eigenvalue weighted by molar-refractivity contribution is 5.74. The molecule has 3 rings (SSSR count). The van der Waals surface area contributed by atoms with Crippen LogP contribution < -0.4 is 0 Å². The van der Waals surface area contributed by atoms with Gasteiger partial charge in [-0.15, -0.1) is 0 Å². The molecule has 0 aliphatic carbocycles. The van der Waals surface area contributed by atoms with Crippen LogP contribution in [0.2, 0.25) is 0 Å². The summed E-state index contributed by atoms with van der Waals surface area (Å²) in [5.74, 6) is 0. The van der Waals surface area contributed by atoms with Crippen LogP contribution in [0, 0.1) is 0 Å². The van der Waals surface area contributed by atoms with Crippen LogP contribution in [0.25, 0.3) is 11.0 Å². The van der Waals surface area contributed by atoms with Gasteiger partial charge in [0.15, 0.2) is 0 Å². The molecule has 4 nitrogen and oxygen atoms in total. The zero-order valence-electron chi connectivity index (χ0n) is 12.1. The Bertz CT molecular complexity index is 594. The summed E-state index contributed by atoms with van der Waals surface area (Å²) in [6.07, 6.45) is 0. The van der Waals surface area contributed by atoms with Crippen molar-refractivity contribution in [3.05, 3.63) is 35.7 Å². The number of para-hydroxylation sites is 2. The van der Waals surface area contributed by atoms with Crippen LogP contribution in [-0.2, 0) is 15.9 Å². The molecule has 0 bridgehead atoms. The molecular weight excluding hydrogens is 238 g/mol. The largest absolute Gasteiger partial charge is 0.300 e. The number of aromatic nitrogens is 2. The topological polar surface area (TPSA) is 38.2 Å². The molecule has 0 saturated carbocycles. The number of fused-ring (bicyclic) bond motifs is 2. The summed E-state index contributed by atoms with van der Waals surface area (Å²) in [6.45, 7) is 8.47. The minimum atomic E-state index is -0.287. The highest BCUT2D eigenvalue weighted by atomic mass is 16.7. The Kier molecular flexibility index (Phi) is 2.46. The normalized spacial score (nSPS) is 20.7. The van der Waals surface area contributed by atoms with Crippen molar-refractivity contribution in [1.82, 2.24) is 15.0 Å². The molecule has 1 aliphatic rings. The Hall–Kier alpha value is -1.52. The lowest BCUT2D eigenvalue weighted by Crippen LogP contribution is -2.44. The van der Waals surface area contributed by atoms with Gasteiger partial charge in [-0.25, -0.2) is 9.97 Å². The van der Waals surface area contributed by atoms with Gasteiger partial charge in [0.2, 0.25) is 0 Å². The van der Waals surface area contributed by atoms with Gasteiger partial charge in [0.1, 0.15) is 0 Å². The van der Waals surface area contributed by atoms with Gasteiger partial charge in [0, 0.05) is 0 Å². The SMILES string of the molecule is CON1C(C)(C)c2nc3ccccc3nc2C1(C)C. The first-order chi connectivity index (χ1) is 8.89. The summed E-state index contributed by atoms with van der Waals surface area (Å²) in [5, 5.41) is 1.98. The molecule has 4 heteroatoms. The summed E-state index contributed by atoms with van der Waals surface area (Å²) in [6, 6.07) is 7.98. The summed E-state index contributed by atoms with van der Waals surface area (Å²) in [4.78, 5) is 15.2. The lowest BCUT2D eigenvalue weighted by atomic mass is 10.00. The van der Waals surface area contributed by atoms with Crippen molar-refractivity contribution in [3.8, 4) is 0 Å². The van der Waals surface area contributed by atoms with Gasteiger partial charge < -0.3 is 4.84 Å². The van der Waals surface area contributed by atoms with Gasteiger partial charge in [0.25, 0.3) is 0 Å². The van der Waals surface area contributed by atoms with Crippen LogP contribution in [0.3, 0.4) is 0 Å². The zero-order chi connectivity index (χ0) is 13.8. The maximum Gasteiger partial charge on any atom is 0.0891 e. The number of rotatable bonds is 1. The predicted octanol–water partition coefficient (Wildman–Crippen LogP) is 2.98. The molecule has 100 valence electrons. The lowest BCUT2D eigenvalue weighted by Gasteiger charge is -2.37. The summed E-state index contributed by atoms with van der Waals surface area (Å²) < 4.78 is 0. The van der Waals surface area contributed by atoms with Gasteiger partial charge in [-0.3, -0.25) is 0 Å². The maximum atomic E-state index is 5.60. The Morgan fingerprint density at radius 1 is 0.895 bits per heavy atom. The first-order valence-electron chi connectivity index (χ1n) is 6.51. The van der Waals surface area contributed by atoms with E-state index in [-0.39, 0.29) is 11.1 Å². The third-order valence-corrected chi connectivity index (χ3v) is 3.93. The second-order valence-corrected chi connectivity index (χ2v) is 6.00. The quantitative estimate of drug-likeness (QED) is 0.787. The van der Waals surface area contributed by atoms with Crippen LogP contribution in [0.15, 0.2) is 24.3 Å². The van der Waals surface area contributed by atoms with E-state index in [1.807, 2.05) is 29.3 Å². The van der Waals surface area contributed by atoms with Crippen molar-refractivity contribution in [3.63, 3.8) is 0 Å². The maximum absolute atomic E-state index is 5.60. The van der Waals surface area contributed by atoms with Crippen molar-refractivity contribution in [1.29, 1.82) is 0 Å². The first kappa shape index (κ1) is 12.5. The Labute approximate surface area is 113 Å². The van der Waals surface area contributed by atoms with E-state index in [0.717, 1.165) is 22.4 Å².